The predicted octanol–water partition coefficient (Wildman–Crippen LogP) is 3.07. The minimum atomic E-state index is 0.310. The molecule has 86 valence electrons. The lowest BCUT2D eigenvalue weighted by atomic mass is 9.87. The second kappa shape index (κ2) is 5.19. The molecule has 2 N–H and O–H groups in total. The summed E-state index contributed by atoms with van der Waals surface area (Å²) >= 11 is 0. The average molecular weight is 209 g/mol. The molecule has 0 atom stereocenters. The predicted molar refractivity (Wildman–Crippen MR) is 64.6 cm³/mol. The molecule has 0 aliphatic heterocycles. The van der Waals surface area contributed by atoms with Gasteiger partial charge in [-0.2, -0.15) is 0 Å². The van der Waals surface area contributed by atoms with E-state index in [1.807, 2.05) is 10.8 Å². The molecule has 15 heavy (non-hydrogen) atoms. The molecule has 0 aliphatic rings. The van der Waals surface area contributed by atoms with Crippen LogP contribution in [0, 0.1) is 5.41 Å². The Morgan fingerprint density at radius 2 is 2.13 bits per heavy atom. The first-order chi connectivity index (χ1) is 7.05. The summed E-state index contributed by atoms with van der Waals surface area (Å²) in [6.45, 7) is 7.79. The number of anilines is 1. The lowest BCUT2D eigenvalue weighted by Crippen LogP contribution is -2.20. The van der Waals surface area contributed by atoms with E-state index in [9.17, 15) is 0 Å². The van der Waals surface area contributed by atoms with E-state index >= 15 is 0 Å². The van der Waals surface area contributed by atoms with Crippen LogP contribution in [-0.2, 0) is 6.54 Å². The molecule has 0 bridgehead atoms. The Kier molecular flexibility index (Phi) is 4.18. The zero-order chi connectivity index (χ0) is 11.3. The van der Waals surface area contributed by atoms with Crippen LogP contribution in [0.1, 0.15) is 46.5 Å². The van der Waals surface area contributed by atoms with Gasteiger partial charge in [-0.05, 0) is 11.8 Å². The first-order valence-electron chi connectivity index (χ1n) is 5.82. The van der Waals surface area contributed by atoms with Gasteiger partial charge in [0.05, 0.1) is 0 Å². The summed E-state index contributed by atoms with van der Waals surface area (Å²) in [6.07, 6.45) is 8.87. The molecule has 3 nitrogen and oxygen atoms in total. The van der Waals surface area contributed by atoms with Gasteiger partial charge < -0.3 is 10.3 Å². The minimum absolute atomic E-state index is 0.310. The summed E-state index contributed by atoms with van der Waals surface area (Å²) < 4.78 is 2.03. The van der Waals surface area contributed by atoms with Crippen LogP contribution in [0.25, 0.3) is 0 Å². The number of unbranched alkanes of at least 4 members (excludes halogenated alkanes) is 2. The van der Waals surface area contributed by atoms with Gasteiger partial charge in [-0.15, -0.1) is 0 Å². The third-order valence-corrected chi connectivity index (χ3v) is 2.80. The summed E-state index contributed by atoms with van der Waals surface area (Å²) in [5, 5.41) is 0. The van der Waals surface area contributed by atoms with Crippen molar-refractivity contribution in [1.82, 2.24) is 9.55 Å². The van der Waals surface area contributed by atoms with Gasteiger partial charge in [-0.1, -0.05) is 40.0 Å². The number of aromatic nitrogens is 2. The van der Waals surface area contributed by atoms with Crippen molar-refractivity contribution in [3.8, 4) is 0 Å². The second-order valence-electron chi connectivity index (χ2n) is 5.03. The average Bonchev–Trinajstić information content (AvgIpc) is 2.51. The number of hydrogen-bond donors (Lipinski definition) is 1. The molecule has 0 fully saturated rings. The fourth-order valence-corrected chi connectivity index (χ4v) is 1.87. The van der Waals surface area contributed by atoms with Gasteiger partial charge in [-0.3, -0.25) is 0 Å². The molecule has 0 saturated carbocycles. The Hall–Kier alpha value is -0.990. The standard InChI is InChI=1S/C12H23N3/c1-4-5-6-7-12(2,3)10-15-9-8-14-11(15)13/h8-9H,4-7,10H2,1-3H3,(H2,13,14). The minimum Gasteiger partial charge on any atom is -0.369 e. The van der Waals surface area contributed by atoms with E-state index in [0.29, 0.717) is 11.4 Å². The quantitative estimate of drug-likeness (QED) is 0.732. The molecule has 1 rings (SSSR count). The fraction of sp³-hybridized carbons (Fsp3) is 0.750. The number of imidazole rings is 1. The maximum Gasteiger partial charge on any atom is 0.200 e. The highest BCUT2D eigenvalue weighted by Gasteiger charge is 2.18. The lowest BCUT2D eigenvalue weighted by Gasteiger charge is -2.25. The summed E-state index contributed by atoms with van der Waals surface area (Å²) in [4.78, 5) is 4.04. The molecule has 3 heteroatoms. The van der Waals surface area contributed by atoms with Crippen LogP contribution in [0.2, 0.25) is 0 Å². The molecule has 0 spiro atoms. The van der Waals surface area contributed by atoms with Crippen molar-refractivity contribution in [3.05, 3.63) is 12.4 Å². The lowest BCUT2D eigenvalue weighted by molar-refractivity contribution is 0.273. The Bertz CT molecular complexity index is 289. The topological polar surface area (TPSA) is 43.8 Å². The third-order valence-electron chi connectivity index (χ3n) is 2.80. The van der Waals surface area contributed by atoms with Gasteiger partial charge in [0.2, 0.25) is 0 Å². The molecule has 0 radical (unpaired) electrons. The molecule has 0 aromatic carbocycles. The number of hydrogen-bond acceptors (Lipinski definition) is 2. The molecule has 1 heterocycles. The van der Waals surface area contributed by atoms with E-state index in [-0.39, 0.29) is 0 Å². The van der Waals surface area contributed by atoms with Gasteiger partial charge in [0.25, 0.3) is 0 Å². The zero-order valence-electron chi connectivity index (χ0n) is 10.2. The van der Waals surface area contributed by atoms with Crippen LogP contribution in [-0.4, -0.2) is 9.55 Å². The van der Waals surface area contributed by atoms with Crippen LogP contribution in [0.5, 0.6) is 0 Å². The second-order valence-corrected chi connectivity index (χ2v) is 5.03. The monoisotopic (exact) mass is 209 g/mol. The molecular formula is C12H23N3. The van der Waals surface area contributed by atoms with Crippen molar-refractivity contribution in [2.45, 2.75) is 53.0 Å². The fourth-order valence-electron chi connectivity index (χ4n) is 1.87. The molecule has 0 amide bonds. The van der Waals surface area contributed by atoms with Crippen molar-refractivity contribution in [2.75, 3.05) is 5.73 Å². The first kappa shape index (κ1) is 12.1. The van der Waals surface area contributed by atoms with E-state index in [1.54, 1.807) is 6.20 Å². The molecular weight excluding hydrogens is 186 g/mol. The summed E-state index contributed by atoms with van der Waals surface area (Å²) in [5.41, 5.74) is 6.06. The van der Waals surface area contributed by atoms with Crippen LogP contribution >= 0.6 is 0 Å². The van der Waals surface area contributed by atoms with E-state index in [1.165, 1.54) is 25.7 Å². The number of nitrogen functional groups attached to an aromatic ring is 1. The van der Waals surface area contributed by atoms with Crippen LogP contribution < -0.4 is 5.73 Å². The van der Waals surface area contributed by atoms with Crippen molar-refractivity contribution >= 4 is 5.95 Å². The van der Waals surface area contributed by atoms with Crippen LogP contribution in [0.15, 0.2) is 12.4 Å². The summed E-state index contributed by atoms with van der Waals surface area (Å²) in [7, 11) is 0. The molecule has 0 unspecified atom stereocenters. The molecule has 0 saturated heterocycles. The van der Waals surface area contributed by atoms with E-state index in [4.69, 9.17) is 5.73 Å². The normalized spacial score (nSPS) is 11.9. The smallest absolute Gasteiger partial charge is 0.200 e. The van der Waals surface area contributed by atoms with Crippen LogP contribution in [0.3, 0.4) is 0 Å². The molecule has 0 aliphatic carbocycles. The van der Waals surface area contributed by atoms with E-state index < -0.39 is 0 Å². The highest BCUT2D eigenvalue weighted by molar-refractivity contribution is 5.16. The highest BCUT2D eigenvalue weighted by atomic mass is 15.1. The number of rotatable bonds is 6. The summed E-state index contributed by atoms with van der Waals surface area (Å²) in [5.74, 6) is 0.624. The van der Waals surface area contributed by atoms with E-state index in [0.717, 1.165) is 6.54 Å². The maximum absolute atomic E-state index is 5.75. The van der Waals surface area contributed by atoms with Crippen molar-refractivity contribution in [3.63, 3.8) is 0 Å². The maximum atomic E-state index is 5.75. The highest BCUT2D eigenvalue weighted by Crippen LogP contribution is 2.26. The summed E-state index contributed by atoms with van der Waals surface area (Å²) in [6, 6.07) is 0. The largest absolute Gasteiger partial charge is 0.369 e. The van der Waals surface area contributed by atoms with Crippen molar-refractivity contribution < 1.29 is 0 Å². The van der Waals surface area contributed by atoms with Crippen molar-refractivity contribution in [1.29, 1.82) is 0 Å². The molecule has 1 aromatic rings. The first-order valence-corrected chi connectivity index (χ1v) is 5.82. The number of nitrogens with zero attached hydrogens (tertiary/aromatic N) is 2. The SMILES string of the molecule is CCCCCC(C)(C)Cn1ccnc1N. The third kappa shape index (κ3) is 3.94. The van der Waals surface area contributed by atoms with Crippen molar-refractivity contribution in [2.24, 2.45) is 5.41 Å². The van der Waals surface area contributed by atoms with Gasteiger partial charge in [0, 0.05) is 18.9 Å². The van der Waals surface area contributed by atoms with Gasteiger partial charge in [0.15, 0.2) is 5.95 Å². The Balaban J connectivity index is 2.45. The molecule has 1 aromatic heterocycles. The Labute approximate surface area is 92.7 Å². The Morgan fingerprint density at radius 1 is 1.40 bits per heavy atom. The van der Waals surface area contributed by atoms with Gasteiger partial charge in [0.1, 0.15) is 0 Å². The van der Waals surface area contributed by atoms with Gasteiger partial charge >= 0.3 is 0 Å². The Morgan fingerprint density at radius 3 is 2.67 bits per heavy atom. The van der Waals surface area contributed by atoms with Crippen LogP contribution in [0.4, 0.5) is 5.95 Å². The van der Waals surface area contributed by atoms with E-state index in [2.05, 4.69) is 25.8 Å². The van der Waals surface area contributed by atoms with Gasteiger partial charge in [-0.25, -0.2) is 4.98 Å². The number of nitrogens with two attached hydrogens (primary N) is 1. The zero-order valence-corrected chi connectivity index (χ0v) is 10.2.